The van der Waals surface area contributed by atoms with Crippen molar-refractivity contribution in [1.82, 2.24) is 19.4 Å². The Morgan fingerprint density at radius 2 is 2.26 bits per heavy atom. The third-order valence-corrected chi connectivity index (χ3v) is 5.13. The summed E-state index contributed by atoms with van der Waals surface area (Å²) in [4.78, 5) is 14.4. The summed E-state index contributed by atoms with van der Waals surface area (Å²) in [6, 6.07) is 3.69. The van der Waals surface area contributed by atoms with E-state index in [1.54, 1.807) is 17.2 Å². The van der Waals surface area contributed by atoms with E-state index in [2.05, 4.69) is 9.82 Å². The molecule has 1 amide bonds. The van der Waals surface area contributed by atoms with Crippen molar-refractivity contribution in [2.45, 2.75) is 13.1 Å². The highest BCUT2D eigenvalue weighted by atomic mass is 32.2. The molecule has 1 aliphatic rings. The maximum absolute atomic E-state index is 12.7. The maximum atomic E-state index is 12.7. The van der Waals surface area contributed by atoms with Crippen LogP contribution >= 0.6 is 11.3 Å². The highest BCUT2D eigenvalue weighted by Crippen LogP contribution is 2.19. The predicted octanol–water partition coefficient (Wildman–Crippen LogP) is 0.766. The third-order valence-electron chi connectivity index (χ3n) is 3.76. The Labute approximate surface area is 139 Å². The molecular formula is C14H18N4O3S2. The second-order valence-electron chi connectivity index (χ2n) is 5.69. The normalized spacial score (nSPS) is 18.5. The first-order valence-corrected chi connectivity index (χ1v) is 10.0. The summed E-state index contributed by atoms with van der Waals surface area (Å²) < 4.78 is 27.1. The number of nitrogens with zero attached hydrogens (tertiary/aromatic N) is 3. The Hall–Kier alpha value is -1.71. The second-order valence-corrected chi connectivity index (χ2v) is 8.30. The monoisotopic (exact) mass is 354 g/mol. The van der Waals surface area contributed by atoms with Gasteiger partial charge in [0.25, 0.3) is 5.91 Å². The van der Waals surface area contributed by atoms with E-state index in [1.165, 1.54) is 11.3 Å². The molecule has 1 atom stereocenters. The summed E-state index contributed by atoms with van der Waals surface area (Å²) in [7, 11) is -3.26. The number of carbonyl (C=O) groups is 1. The molecule has 0 saturated carbocycles. The summed E-state index contributed by atoms with van der Waals surface area (Å²) in [6.45, 7) is 1.83. The van der Waals surface area contributed by atoms with Crippen molar-refractivity contribution in [1.29, 1.82) is 0 Å². The molecule has 0 aliphatic carbocycles. The smallest absolute Gasteiger partial charge is 0.255 e. The highest BCUT2D eigenvalue weighted by molar-refractivity contribution is 7.88. The quantitative estimate of drug-likeness (QED) is 0.879. The fraction of sp³-hybridized carbons (Fsp3) is 0.429. The topological polar surface area (TPSA) is 84.3 Å². The van der Waals surface area contributed by atoms with Crippen LogP contribution in [0.5, 0.6) is 0 Å². The minimum Gasteiger partial charge on any atom is -0.332 e. The number of thiophene rings is 1. The average molecular weight is 354 g/mol. The van der Waals surface area contributed by atoms with Gasteiger partial charge < -0.3 is 4.90 Å². The second kappa shape index (κ2) is 6.42. The molecule has 0 radical (unpaired) electrons. The number of aromatic nitrogens is 2. The molecule has 3 rings (SSSR count). The van der Waals surface area contributed by atoms with E-state index in [9.17, 15) is 13.2 Å². The van der Waals surface area contributed by atoms with Crippen molar-refractivity contribution < 1.29 is 13.2 Å². The fourth-order valence-electron chi connectivity index (χ4n) is 2.65. The van der Waals surface area contributed by atoms with Crippen LogP contribution in [0.25, 0.3) is 0 Å². The first-order chi connectivity index (χ1) is 10.9. The van der Waals surface area contributed by atoms with Gasteiger partial charge in [-0.2, -0.15) is 16.4 Å². The highest BCUT2D eigenvalue weighted by Gasteiger charge is 2.26. The zero-order chi connectivity index (χ0) is 16.4. The Kier molecular flexibility index (Phi) is 4.51. The lowest BCUT2D eigenvalue weighted by Gasteiger charge is -2.23. The van der Waals surface area contributed by atoms with Gasteiger partial charge in [0, 0.05) is 37.1 Å². The van der Waals surface area contributed by atoms with Crippen LogP contribution in [0.2, 0.25) is 0 Å². The number of rotatable bonds is 4. The van der Waals surface area contributed by atoms with Crippen molar-refractivity contribution >= 4 is 27.3 Å². The van der Waals surface area contributed by atoms with Gasteiger partial charge in [-0.3, -0.25) is 9.48 Å². The molecule has 0 fully saturated rings. The summed E-state index contributed by atoms with van der Waals surface area (Å²) in [5.74, 6) is -0.0706. The standard InChI is InChI=1S/C14H18N4O3S2/c1-23(20,21)16-6-11-7-17(14(19)12-3-5-22-10-12)9-13-2-4-15-18(13)8-11/h2-5,10-11,16H,6-9H2,1H3/t11-/m0/s1. The number of nitrogens with one attached hydrogen (secondary N) is 1. The van der Waals surface area contributed by atoms with Gasteiger partial charge in [0.15, 0.2) is 0 Å². The zero-order valence-corrected chi connectivity index (χ0v) is 14.3. The molecule has 1 aliphatic heterocycles. The Bertz CT molecular complexity index is 783. The Morgan fingerprint density at radius 3 is 2.96 bits per heavy atom. The minimum atomic E-state index is -3.26. The molecule has 124 valence electrons. The molecule has 3 heterocycles. The van der Waals surface area contributed by atoms with Gasteiger partial charge >= 0.3 is 0 Å². The predicted molar refractivity (Wildman–Crippen MR) is 87.6 cm³/mol. The van der Waals surface area contributed by atoms with Crippen LogP contribution in [0.4, 0.5) is 0 Å². The van der Waals surface area contributed by atoms with E-state index in [4.69, 9.17) is 0 Å². The van der Waals surface area contributed by atoms with Gasteiger partial charge in [-0.1, -0.05) is 0 Å². The number of amides is 1. The molecule has 0 spiro atoms. The lowest BCUT2D eigenvalue weighted by molar-refractivity contribution is 0.0723. The number of fused-ring (bicyclic) bond motifs is 1. The van der Waals surface area contributed by atoms with Crippen molar-refractivity contribution in [2.75, 3.05) is 19.3 Å². The molecule has 2 aromatic rings. The van der Waals surface area contributed by atoms with Crippen LogP contribution in [-0.2, 0) is 23.1 Å². The van der Waals surface area contributed by atoms with Crippen LogP contribution in [0.3, 0.4) is 0 Å². The van der Waals surface area contributed by atoms with Gasteiger partial charge in [0.2, 0.25) is 10.0 Å². The molecule has 0 unspecified atom stereocenters. The SMILES string of the molecule is CS(=O)(=O)NC[C@H]1CN(C(=O)c2ccsc2)Cc2ccnn2C1. The van der Waals surface area contributed by atoms with E-state index in [0.29, 0.717) is 25.2 Å². The molecule has 9 heteroatoms. The van der Waals surface area contributed by atoms with Gasteiger partial charge in [0.05, 0.1) is 24.1 Å². The van der Waals surface area contributed by atoms with E-state index >= 15 is 0 Å². The average Bonchev–Trinajstić information content (AvgIpc) is 3.12. The first-order valence-electron chi connectivity index (χ1n) is 7.19. The van der Waals surface area contributed by atoms with Crippen LogP contribution < -0.4 is 4.72 Å². The molecular weight excluding hydrogens is 336 g/mol. The summed E-state index contributed by atoms with van der Waals surface area (Å²) in [6.07, 6.45) is 2.84. The van der Waals surface area contributed by atoms with Crippen molar-refractivity contribution in [3.63, 3.8) is 0 Å². The van der Waals surface area contributed by atoms with E-state index in [1.807, 2.05) is 21.5 Å². The van der Waals surface area contributed by atoms with E-state index in [-0.39, 0.29) is 18.4 Å². The molecule has 23 heavy (non-hydrogen) atoms. The van der Waals surface area contributed by atoms with E-state index in [0.717, 1.165) is 11.9 Å². The summed E-state index contributed by atoms with van der Waals surface area (Å²) >= 11 is 1.48. The Morgan fingerprint density at radius 1 is 1.43 bits per heavy atom. The molecule has 2 aromatic heterocycles. The summed E-state index contributed by atoms with van der Waals surface area (Å²) in [5, 5.41) is 7.97. The van der Waals surface area contributed by atoms with Gasteiger partial charge in [-0.15, -0.1) is 0 Å². The molecule has 7 nitrogen and oxygen atoms in total. The fourth-order valence-corrected chi connectivity index (χ4v) is 3.82. The van der Waals surface area contributed by atoms with Gasteiger partial charge in [-0.05, 0) is 17.5 Å². The van der Waals surface area contributed by atoms with E-state index < -0.39 is 10.0 Å². The van der Waals surface area contributed by atoms with Crippen LogP contribution in [-0.4, -0.2) is 48.4 Å². The molecule has 0 saturated heterocycles. The van der Waals surface area contributed by atoms with Gasteiger partial charge in [-0.25, -0.2) is 13.1 Å². The largest absolute Gasteiger partial charge is 0.332 e. The van der Waals surface area contributed by atoms with Crippen LogP contribution in [0, 0.1) is 5.92 Å². The van der Waals surface area contributed by atoms with Crippen LogP contribution in [0.15, 0.2) is 29.1 Å². The molecule has 0 aromatic carbocycles. The lowest BCUT2D eigenvalue weighted by Crippen LogP contribution is -2.38. The van der Waals surface area contributed by atoms with Crippen molar-refractivity contribution in [3.8, 4) is 0 Å². The Balaban J connectivity index is 1.81. The molecule has 0 bridgehead atoms. The zero-order valence-electron chi connectivity index (χ0n) is 12.7. The maximum Gasteiger partial charge on any atom is 0.255 e. The molecule has 1 N–H and O–H groups in total. The number of sulfonamides is 1. The van der Waals surface area contributed by atoms with Crippen molar-refractivity contribution in [2.24, 2.45) is 5.92 Å². The van der Waals surface area contributed by atoms with Gasteiger partial charge in [0.1, 0.15) is 0 Å². The summed E-state index contributed by atoms with van der Waals surface area (Å²) in [5.41, 5.74) is 1.62. The number of hydrogen-bond acceptors (Lipinski definition) is 5. The lowest BCUT2D eigenvalue weighted by atomic mass is 10.1. The first kappa shape index (κ1) is 16.2. The number of hydrogen-bond donors (Lipinski definition) is 1. The van der Waals surface area contributed by atoms with Crippen molar-refractivity contribution in [3.05, 3.63) is 40.3 Å². The third kappa shape index (κ3) is 3.98. The number of carbonyl (C=O) groups excluding carboxylic acids is 1. The van der Waals surface area contributed by atoms with Crippen LogP contribution in [0.1, 0.15) is 16.1 Å². The minimum absolute atomic E-state index is 0.0338.